The Kier molecular flexibility index (Phi) is 4.94. The molecule has 116 valence electrons. The molecule has 5 N–H and O–H groups in total. The van der Waals surface area contributed by atoms with E-state index < -0.39 is 25.4 Å². The van der Waals surface area contributed by atoms with Crippen LogP contribution in [0.4, 0.5) is 11.8 Å². The van der Waals surface area contributed by atoms with Gasteiger partial charge >= 0.3 is 0 Å². The fraction of sp³-hybridized carbons (Fsp3) is 0.538. The molecule has 0 radical (unpaired) electrons. The zero-order chi connectivity index (χ0) is 15.5. The number of nitrogens with one attached hydrogen (secondary N) is 2. The Morgan fingerprint density at radius 2 is 1.86 bits per heavy atom. The van der Waals surface area contributed by atoms with Crippen molar-refractivity contribution < 1.29 is 15.3 Å². The Bertz CT molecular complexity index is 604. The number of hydrogen-bond donors (Lipinski definition) is 5. The first kappa shape index (κ1) is 15.9. The third-order valence-corrected chi connectivity index (χ3v) is 4.48. The summed E-state index contributed by atoms with van der Waals surface area (Å²) in [5.74, 6) is 0.926. The van der Waals surface area contributed by atoms with Crippen LogP contribution in [0, 0.1) is 0 Å². The Morgan fingerprint density at radius 3 is 2.38 bits per heavy atom. The van der Waals surface area contributed by atoms with Crippen LogP contribution in [0.2, 0.25) is 0 Å². The zero-order valence-corrected chi connectivity index (χ0v) is 12.9. The second-order valence-electron chi connectivity index (χ2n) is 4.81. The normalized spacial score (nSPS) is 11.9. The average Bonchev–Trinajstić information content (AvgIpc) is 2.95. The lowest BCUT2D eigenvalue weighted by Crippen LogP contribution is -2.49. The number of aromatic nitrogens is 2. The highest BCUT2D eigenvalue weighted by Gasteiger charge is 2.29. The monoisotopic (exact) mass is 312 g/mol. The molecule has 2 aromatic heterocycles. The van der Waals surface area contributed by atoms with E-state index in [1.165, 1.54) is 0 Å². The molecular weight excluding hydrogens is 292 g/mol. The van der Waals surface area contributed by atoms with Gasteiger partial charge in [0.05, 0.1) is 25.2 Å². The first-order chi connectivity index (χ1) is 10.1. The van der Waals surface area contributed by atoms with Gasteiger partial charge in [0.1, 0.15) is 16.2 Å². The molecule has 0 unspecified atom stereocenters. The molecular formula is C13H20N4O3S. The van der Waals surface area contributed by atoms with Crippen molar-refractivity contribution in [3.8, 4) is 0 Å². The highest BCUT2D eigenvalue weighted by atomic mass is 32.1. The third-order valence-electron chi connectivity index (χ3n) is 3.31. The molecule has 0 saturated carbocycles. The second kappa shape index (κ2) is 6.52. The van der Waals surface area contributed by atoms with E-state index in [1.54, 1.807) is 18.4 Å². The van der Waals surface area contributed by atoms with Gasteiger partial charge in [-0.1, -0.05) is 6.92 Å². The van der Waals surface area contributed by atoms with Crippen molar-refractivity contribution in [1.29, 1.82) is 0 Å². The van der Waals surface area contributed by atoms with Crippen LogP contribution in [-0.4, -0.2) is 57.7 Å². The average molecular weight is 312 g/mol. The molecule has 0 atom stereocenters. The van der Waals surface area contributed by atoms with Crippen molar-refractivity contribution in [1.82, 2.24) is 9.97 Å². The lowest BCUT2D eigenvalue weighted by atomic mass is 10.0. The van der Waals surface area contributed by atoms with E-state index in [9.17, 15) is 15.3 Å². The number of aliphatic hydroxyl groups is 3. The Morgan fingerprint density at radius 1 is 1.19 bits per heavy atom. The van der Waals surface area contributed by atoms with Crippen LogP contribution in [0.1, 0.15) is 11.8 Å². The quantitative estimate of drug-likeness (QED) is 0.504. The number of aliphatic hydroxyl groups excluding tert-OH is 3. The molecule has 0 fully saturated rings. The van der Waals surface area contributed by atoms with E-state index in [2.05, 4.69) is 27.5 Å². The molecule has 7 nitrogen and oxygen atoms in total. The number of hydrogen-bond acceptors (Lipinski definition) is 8. The van der Waals surface area contributed by atoms with Crippen molar-refractivity contribution in [2.75, 3.05) is 37.5 Å². The van der Waals surface area contributed by atoms with Crippen molar-refractivity contribution in [3.05, 3.63) is 10.9 Å². The maximum Gasteiger partial charge on any atom is 0.225 e. The topological polar surface area (TPSA) is 111 Å². The minimum absolute atomic E-state index is 0.412. The molecule has 2 aromatic rings. The van der Waals surface area contributed by atoms with E-state index in [0.717, 1.165) is 21.5 Å². The van der Waals surface area contributed by atoms with Gasteiger partial charge in [0.2, 0.25) is 5.95 Å². The number of thiophene rings is 1. The van der Waals surface area contributed by atoms with E-state index in [4.69, 9.17) is 0 Å². The molecule has 21 heavy (non-hydrogen) atoms. The summed E-state index contributed by atoms with van der Waals surface area (Å²) in [4.78, 5) is 10.7. The number of aryl methyl sites for hydroxylation is 1. The minimum Gasteiger partial charge on any atom is -0.394 e. The van der Waals surface area contributed by atoms with Crippen LogP contribution in [-0.2, 0) is 6.42 Å². The van der Waals surface area contributed by atoms with Crippen molar-refractivity contribution in [2.24, 2.45) is 0 Å². The van der Waals surface area contributed by atoms with Gasteiger partial charge in [-0.15, -0.1) is 11.3 Å². The van der Waals surface area contributed by atoms with Gasteiger partial charge in [-0.2, -0.15) is 4.98 Å². The Hall–Kier alpha value is -1.48. The molecule has 0 amide bonds. The van der Waals surface area contributed by atoms with E-state index in [0.29, 0.717) is 11.8 Å². The molecule has 0 aliphatic heterocycles. The predicted octanol–water partition coefficient (Wildman–Crippen LogP) is 0.423. The maximum absolute atomic E-state index is 9.45. The molecule has 8 heteroatoms. The summed E-state index contributed by atoms with van der Waals surface area (Å²) < 4.78 is 0. The largest absolute Gasteiger partial charge is 0.394 e. The first-order valence-corrected chi connectivity index (χ1v) is 7.52. The van der Waals surface area contributed by atoms with Crippen molar-refractivity contribution >= 4 is 33.3 Å². The summed E-state index contributed by atoms with van der Waals surface area (Å²) in [6.07, 6.45) is 0.889. The summed E-state index contributed by atoms with van der Waals surface area (Å²) in [6, 6.07) is 1.98. The molecule has 0 spiro atoms. The fourth-order valence-corrected chi connectivity index (χ4v) is 2.84. The standard InChI is InChI=1S/C13H20N4O3S/c1-3-8-4-9-10(17-13(5-18,6-19)7-20)15-12(14-2)16-11(9)21-8/h4,18-20H,3,5-7H2,1-2H3,(H2,14,15,16,17). The Labute approximate surface area is 126 Å². The van der Waals surface area contributed by atoms with Gasteiger partial charge in [-0.3, -0.25) is 0 Å². The van der Waals surface area contributed by atoms with Gasteiger partial charge in [0, 0.05) is 11.9 Å². The molecule has 0 bridgehead atoms. The molecule has 0 aliphatic carbocycles. The first-order valence-electron chi connectivity index (χ1n) is 6.70. The molecule has 0 aromatic carbocycles. The summed E-state index contributed by atoms with van der Waals surface area (Å²) in [5, 5.41) is 35.0. The van der Waals surface area contributed by atoms with Gasteiger partial charge in [-0.25, -0.2) is 4.98 Å². The number of rotatable bonds is 7. The minimum atomic E-state index is -1.22. The SMILES string of the molecule is CCc1cc2c(NC(CO)(CO)CO)nc(NC)nc2s1. The third kappa shape index (κ3) is 3.08. The van der Waals surface area contributed by atoms with Gasteiger partial charge in [0.15, 0.2) is 0 Å². The molecule has 2 rings (SSSR count). The summed E-state index contributed by atoms with van der Waals surface area (Å²) in [5.41, 5.74) is -1.22. The Balaban J connectivity index is 2.52. The molecule has 0 saturated heterocycles. The lowest BCUT2D eigenvalue weighted by molar-refractivity contribution is 0.0832. The zero-order valence-electron chi connectivity index (χ0n) is 12.1. The van der Waals surface area contributed by atoms with Crippen LogP contribution in [0.3, 0.4) is 0 Å². The fourth-order valence-electron chi connectivity index (χ4n) is 1.87. The number of fused-ring (bicyclic) bond motifs is 1. The number of anilines is 2. The van der Waals surface area contributed by atoms with Gasteiger partial charge < -0.3 is 26.0 Å². The van der Waals surface area contributed by atoms with Crippen molar-refractivity contribution in [2.45, 2.75) is 18.9 Å². The number of nitrogens with zero attached hydrogens (tertiary/aromatic N) is 2. The summed E-state index contributed by atoms with van der Waals surface area (Å²) >= 11 is 1.57. The smallest absolute Gasteiger partial charge is 0.225 e. The highest BCUT2D eigenvalue weighted by Crippen LogP contribution is 2.31. The predicted molar refractivity (Wildman–Crippen MR) is 84.0 cm³/mol. The van der Waals surface area contributed by atoms with Gasteiger partial charge in [-0.05, 0) is 12.5 Å². The van der Waals surface area contributed by atoms with E-state index in [1.807, 2.05) is 6.07 Å². The van der Waals surface area contributed by atoms with Crippen LogP contribution in [0.25, 0.3) is 10.2 Å². The van der Waals surface area contributed by atoms with Crippen LogP contribution >= 0.6 is 11.3 Å². The molecule has 0 aliphatic rings. The summed E-state index contributed by atoms with van der Waals surface area (Å²) in [7, 11) is 1.72. The van der Waals surface area contributed by atoms with E-state index >= 15 is 0 Å². The van der Waals surface area contributed by atoms with Gasteiger partial charge in [0.25, 0.3) is 0 Å². The van der Waals surface area contributed by atoms with Crippen LogP contribution in [0.5, 0.6) is 0 Å². The maximum atomic E-state index is 9.45. The molecule has 2 heterocycles. The lowest BCUT2D eigenvalue weighted by Gasteiger charge is -2.29. The van der Waals surface area contributed by atoms with Crippen LogP contribution < -0.4 is 10.6 Å². The second-order valence-corrected chi connectivity index (χ2v) is 5.93. The highest BCUT2D eigenvalue weighted by molar-refractivity contribution is 7.18. The summed E-state index contributed by atoms with van der Waals surface area (Å²) in [6.45, 7) is 0.825. The van der Waals surface area contributed by atoms with E-state index in [-0.39, 0.29) is 0 Å². The van der Waals surface area contributed by atoms with Crippen molar-refractivity contribution in [3.63, 3.8) is 0 Å². The van der Waals surface area contributed by atoms with Crippen LogP contribution in [0.15, 0.2) is 6.07 Å².